The number of ether oxygens (including phenoxy) is 1. The van der Waals surface area contributed by atoms with E-state index in [9.17, 15) is 14.0 Å². The van der Waals surface area contributed by atoms with Gasteiger partial charge in [-0.25, -0.2) is 9.18 Å². The van der Waals surface area contributed by atoms with Gasteiger partial charge in [-0.05, 0) is 38.4 Å². The molecule has 4 N–H and O–H groups in total. The normalized spacial score (nSPS) is 17.8. The summed E-state index contributed by atoms with van der Waals surface area (Å²) in [6, 6.07) is 3.81. The van der Waals surface area contributed by atoms with Crippen LogP contribution in [0.5, 0.6) is 5.75 Å². The summed E-state index contributed by atoms with van der Waals surface area (Å²) >= 11 is 0. The molecule has 25 heavy (non-hydrogen) atoms. The summed E-state index contributed by atoms with van der Waals surface area (Å²) < 4.78 is 19.1. The Bertz CT molecular complexity index is 612. The minimum absolute atomic E-state index is 0.0905. The number of hydrogen-bond donors (Lipinski definition) is 3. The predicted octanol–water partition coefficient (Wildman–Crippen LogP) is 1.54. The molecule has 0 bridgehead atoms. The van der Waals surface area contributed by atoms with Crippen molar-refractivity contribution >= 4 is 17.6 Å². The molecule has 0 unspecified atom stereocenters. The second-order valence-electron chi connectivity index (χ2n) is 6.00. The number of rotatable bonds is 7. The molecule has 0 aliphatic carbocycles. The van der Waals surface area contributed by atoms with Crippen LogP contribution in [0, 0.1) is 11.7 Å². The lowest BCUT2D eigenvalue weighted by atomic mass is 9.97. The molecule has 1 fully saturated rings. The molecular weight excluding hydrogens is 327 g/mol. The molecule has 2 rings (SSSR count). The highest BCUT2D eigenvalue weighted by molar-refractivity contribution is 5.89. The molecule has 1 aliphatic rings. The highest BCUT2D eigenvalue weighted by atomic mass is 19.1. The van der Waals surface area contributed by atoms with Crippen LogP contribution >= 0.6 is 0 Å². The summed E-state index contributed by atoms with van der Waals surface area (Å²) in [5.74, 6) is -0.539. The van der Waals surface area contributed by atoms with Crippen molar-refractivity contribution in [1.29, 1.82) is 0 Å². The molecule has 8 heteroatoms. The number of nitrogens with zero attached hydrogens (tertiary/aromatic N) is 1. The molecule has 1 aromatic rings. The van der Waals surface area contributed by atoms with Crippen molar-refractivity contribution in [1.82, 2.24) is 10.2 Å². The van der Waals surface area contributed by atoms with Crippen LogP contribution in [0.3, 0.4) is 0 Å². The van der Waals surface area contributed by atoms with E-state index in [0.29, 0.717) is 32.0 Å². The van der Waals surface area contributed by atoms with Crippen molar-refractivity contribution in [2.24, 2.45) is 11.7 Å². The van der Waals surface area contributed by atoms with E-state index < -0.39 is 11.8 Å². The molecule has 1 saturated heterocycles. The number of nitrogens with two attached hydrogens (primary N) is 1. The number of halogens is 1. The molecule has 7 nitrogen and oxygen atoms in total. The third kappa shape index (κ3) is 5.90. The van der Waals surface area contributed by atoms with Crippen LogP contribution in [0.4, 0.5) is 14.9 Å². The van der Waals surface area contributed by atoms with Crippen molar-refractivity contribution in [3.05, 3.63) is 24.0 Å². The number of hydrogen-bond acceptors (Lipinski definition) is 4. The summed E-state index contributed by atoms with van der Waals surface area (Å²) in [7, 11) is 0. The maximum absolute atomic E-state index is 13.9. The number of urea groups is 1. The molecule has 0 aromatic heterocycles. The quantitative estimate of drug-likeness (QED) is 0.693. The third-order valence-electron chi connectivity index (χ3n) is 4.12. The smallest absolute Gasteiger partial charge is 0.319 e. The van der Waals surface area contributed by atoms with Crippen molar-refractivity contribution < 1.29 is 18.7 Å². The topological polar surface area (TPSA) is 96.7 Å². The van der Waals surface area contributed by atoms with Crippen molar-refractivity contribution in [3.8, 4) is 5.75 Å². The maximum Gasteiger partial charge on any atom is 0.319 e. The van der Waals surface area contributed by atoms with Gasteiger partial charge in [0, 0.05) is 25.7 Å². The molecular formula is C17H25FN4O3. The van der Waals surface area contributed by atoms with Gasteiger partial charge in [-0.2, -0.15) is 0 Å². The summed E-state index contributed by atoms with van der Waals surface area (Å²) in [4.78, 5) is 25.2. The third-order valence-corrected chi connectivity index (χ3v) is 4.12. The van der Waals surface area contributed by atoms with E-state index >= 15 is 0 Å². The summed E-state index contributed by atoms with van der Waals surface area (Å²) in [6.45, 7) is 4.76. The largest absolute Gasteiger partial charge is 0.494 e. The van der Waals surface area contributed by atoms with Crippen molar-refractivity contribution in [3.63, 3.8) is 0 Å². The zero-order chi connectivity index (χ0) is 18.2. The first-order chi connectivity index (χ1) is 12.0. The number of carbonyl (C=O) groups excluding carboxylic acids is 2. The lowest BCUT2D eigenvalue weighted by Gasteiger charge is -2.31. The molecule has 1 aromatic carbocycles. The number of nitrogens with one attached hydrogen (secondary N) is 2. The van der Waals surface area contributed by atoms with Gasteiger partial charge in [-0.1, -0.05) is 0 Å². The molecule has 0 spiro atoms. The van der Waals surface area contributed by atoms with Gasteiger partial charge in [0.25, 0.3) is 0 Å². The zero-order valence-corrected chi connectivity index (χ0v) is 14.4. The average Bonchev–Trinajstić information content (AvgIpc) is 2.58. The minimum Gasteiger partial charge on any atom is -0.494 e. The van der Waals surface area contributed by atoms with Gasteiger partial charge in [0.1, 0.15) is 11.6 Å². The highest BCUT2D eigenvalue weighted by Crippen LogP contribution is 2.20. The Balaban J connectivity index is 1.74. The average molecular weight is 352 g/mol. The molecule has 1 aliphatic heterocycles. The zero-order valence-electron chi connectivity index (χ0n) is 14.4. The van der Waals surface area contributed by atoms with E-state index in [4.69, 9.17) is 10.5 Å². The number of likely N-dealkylation sites (tertiary alicyclic amines) is 1. The first-order valence-electron chi connectivity index (χ1n) is 8.48. The van der Waals surface area contributed by atoms with Gasteiger partial charge in [0.05, 0.1) is 18.2 Å². The number of benzene rings is 1. The number of anilines is 1. The number of carbonyl (C=O) groups is 2. The van der Waals surface area contributed by atoms with Crippen LogP contribution < -0.4 is 21.1 Å². The monoisotopic (exact) mass is 352 g/mol. The maximum atomic E-state index is 13.9. The lowest BCUT2D eigenvalue weighted by molar-refractivity contribution is -0.123. The van der Waals surface area contributed by atoms with Gasteiger partial charge in [-0.15, -0.1) is 0 Å². The van der Waals surface area contributed by atoms with Crippen LogP contribution in [0.2, 0.25) is 0 Å². The molecule has 0 saturated carbocycles. The van der Waals surface area contributed by atoms with Crippen LogP contribution in [0.15, 0.2) is 18.2 Å². The van der Waals surface area contributed by atoms with Gasteiger partial charge < -0.3 is 26.0 Å². The summed E-state index contributed by atoms with van der Waals surface area (Å²) in [5.41, 5.74) is 5.44. The van der Waals surface area contributed by atoms with Crippen LogP contribution in [-0.4, -0.2) is 49.6 Å². The van der Waals surface area contributed by atoms with E-state index in [1.54, 1.807) is 6.07 Å². The van der Waals surface area contributed by atoms with Crippen LogP contribution in [0.25, 0.3) is 0 Å². The van der Waals surface area contributed by atoms with E-state index in [0.717, 1.165) is 19.4 Å². The van der Waals surface area contributed by atoms with Crippen molar-refractivity contribution in [2.75, 3.05) is 38.1 Å². The Hall–Kier alpha value is -2.35. The minimum atomic E-state index is -0.554. The number of piperidine rings is 1. The molecule has 1 heterocycles. The van der Waals surface area contributed by atoms with Crippen molar-refractivity contribution in [2.45, 2.75) is 19.8 Å². The van der Waals surface area contributed by atoms with E-state index in [2.05, 4.69) is 15.5 Å². The van der Waals surface area contributed by atoms with E-state index in [1.807, 2.05) is 6.92 Å². The fourth-order valence-corrected chi connectivity index (χ4v) is 2.84. The fourth-order valence-electron chi connectivity index (χ4n) is 2.84. The predicted molar refractivity (Wildman–Crippen MR) is 92.9 cm³/mol. The molecule has 3 amide bonds. The molecule has 1 atom stereocenters. The SMILES string of the molecule is CCOc1ccc(NC(=O)NCCN2CCC[C@@H](C(N)=O)C2)c(F)c1. The fraction of sp³-hybridized carbons (Fsp3) is 0.529. The Morgan fingerprint density at radius 2 is 2.24 bits per heavy atom. The number of amides is 3. The van der Waals surface area contributed by atoms with E-state index in [1.165, 1.54) is 12.1 Å². The molecule has 138 valence electrons. The summed E-state index contributed by atoms with van der Waals surface area (Å²) in [6.07, 6.45) is 1.73. The first-order valence-corrected chi connectivity index (χ1v) is 8.48. The van der Waals surface area contributed by atoms with E-state index in [-0.39, 0.29) is 17.5 Å². The Labute approximate surface area is 146 Å². The summed E-state index contributed by atoms with van der Waals surface area (Å²) in [5, 5.41) is 5.15. The van der Waals surface area contributed by atoms with Crippen LogP contribution in [-0.2, 0) is 4.79 Å². The highest BCUT2D eigenvalue weighted by Gasteiger charge is 2.23. The van der Waals surface area contributed by atoms with Gasteiger partial charge >= 0.3 is 6.03 Å². The van der Waals surface area contributed by atoms with Crippen LogP contribution in [0.1, 0.15) is 19.8 Å². The second-order valence-corrected chi connectivity index (χ2v) is 6.00. The standard InChI is InChI=1S/C17H25FN4O3/c1-2-25-13-5-6-15(14(18)10-13)21-17(24)20-7-9-22-8-3-4-12(11-22)16(19)23/h5-6,10,12H,2-4,7-9,11H2,1H3,(H2,19,23)(H2,20,21,24)/t12-/m1/s1. The Morgan fingerprint density at radius 1 is 1.44 bits per heavy atom. The molecule has 0 radical (unpaired) electrons. The van der Waals surface area contributed by atoms with Gasteiger partial charge in [0.15, 0.2) is 0 Å². The first kappa shape index (κ1) is 19.0. The Morgan fingerprint density at radius 3 is 2.92 bits per heavy atom. The van der Waals surface area contributed by atoms with Gasteiger partial charge in [0.2, 0.25) is 5.91 Å². The number of primary amides is 1. The van der Waals surface area contributed by atoms with Gasteiger partial charge in [-0.3, -0.25) is 4.79 Å². The lowest BCUT2D eigenvalue weighted by Crippen LogP contribution is -2.44. The Kier molecular flexibility index (Phi) is 7.00. The second kappa shape index (κ2) is 9.22.